The zero-order valence-electron chi connectivity index (χ0n) is 15.9. The van der Waals surface area contributed by atoms with Crippen LogP contribution < -0.4 is 15.4 Å². The summed E-state index contributed by atoms with van der Waals surface area (Å²) in [6.45, 7) is 1.51. The van der Waals surface area contributed by atoms with Gasteiger partial charge in [-0.25, -0.2) is 17.5 Å². The lowest BCUT2D eigenvalue weighted by Crippen LogP contribution is -2.36. The van der Waals surface area contributed by atoms with Crippen molar-refractivity contribution in [1.82, 2.24) is 15.4 Å². The molecule has 0 unspecified atom stereocenters. The third-order valence-corrected chi connectivity index (χ3v) is 5.37. The van der Waals surface area contributed by atoms with E-state index in [1.54, 1.807) is 43.4 Å². The lowest BCUT2D eigenvalue weighted by Gasteiger charge is -2.12. The Balaban J connectivity index is 1.86. The van der Waals surface area contributed by atoms with Crippen molar-refractivity contribution in [2.45, 2.75) is 18.0 Å². The lowest BCUT2D eigenvalue weighted by atomic mass is 10.2. The zero-order chi connectivity index (χ0) is 20.4. The highest BCUT2D eigenvalue weighted by Gasteiger charge is 2.12. The van der Waals surface area contributed by atoms with Gasteiger partial charge < -0.3 is 15.4 Å². The van der Waals surface area contributed by atoms with Crippen LogP contribution in [-0.2, 0) is 27.8 Å². The van der Waals surface area contributed by atoms with Crippen LogP contribution in [0.2, 0.25) is 0 Å². The second kappa shape index (κ2) is 10.7. The van der Waals surface area contributed by atoms with Crippen LogP contribution in [0.3, 0.4) is 0 Å². The molecule has 152 valence electrons. The Labute approximate surface area is 165 Å². The van der Waals surface area contributed by atoms with Crippen molar-refractivity contribution in [3.63, 3.8) is 0 Å². The maximum absolute atomic E-state index is 12.9. The van der Waals surface area contributed by atoms with Crippen molar-refractivity contribution >= 4 is 16.0 Å². The molecular weight excluding hydrogens is 383 g/mol. The second-order valence-electron chi connectivity index (χ2n) is 5.94. The monoisotopic (exact) mass is 408 g/mol. The minimum absolute atomic E-state index is 0.200. The number of hydrogen-bond donors (Lipinski definition) is 3. The van der Waals surface area contributed by atoms with E-state index in [0.29, 0.717) is 25.7 Å². The van der Waals surface area contributed by atoms with Crippen LogP contribution in [0.1, 0.15) is 11.1 Å². The summed E-state index contributed by atoms with van der Waals surface area (Å²) in [4.78, 5) is 4.34. The third-order valence-electron chi connectivity index (χ3n) is 3.89. The second-order valence-corrected chi connectivity index (χ2v) is 7.71. The lowest BCUT2D eigenvalue weighted by molar-refractivity contribution is 0.204. The summed E-state index contributed by atoms with van der Waals surface area (Å²) in [5.41, 5.74) is 1.83. The number of sulfonamides is 1. The van der Waals surface area contributed by atoms with Crippen LogP contribution >= 0.6 is 0 Å². The maximum Gasteiger partial charge on any atom is 0.240 e. The Morgan fingerprint density at radius 2 is 1.54 bits per heavy atom. The number of methoxy groups -OCH3 is 1. The fourth-order valence-corrected chi connectivity index (χ4v) is 3.36. The van der Waals surface area contributed by atoms with Gasteiger partial charge in [0, 0.05) is 33.8 Å². The summed E-state index contributed by atoms with van der Waals surface area (Å²) >= 11 is 0. The first-order valence-corrected chi connectivity index (χ1v) is 10.2. The first-order valence-electron chi connectivity index (χ1n) is 8.71. The Morgan fingerprint density at radius 1 is 1.00 bits per heavy atom. The van der Waals surface area contributed by atoms with Crippen molar-refractivity contribution in [3.05, 3.63) is 65.5 Å². The standard InChI is InChI=1S/C19H25FN4O3S/c1-21-19(22-13-15-3-7-17(20)8-4-15)23-14-16-5-9-18(10-6-16)28(25,26)24-11-12-27-2/h3-10,24H,11-14H2,1-2H3,(H2,21,22,23). The topological polar surface area (TPSA) is 91.8 Å². The molecule has 0 heterocycles. The predicted octanol–water partition coefficient (Wildman–Crippen LogP) is 1.62. The predicted molar refractivity (Wildman–Crippen MR) is 107 cm³/mol. The first-order chi connectivity index (χ1) is 13.4. The minimum atomic E-state index is -3.54. The van der Waals surface area contributed by atoms with Gasteiger partial charge in [-0.2, -0.15) is 0 Å². The number of nitrogens with one attached hydrogen (secondary N) is 3. The van der Waals surface area contributed by atoms with Crippen LogP contribution in [0.5, 0.6) is 0 Å². The highest BCUT2D eigenvalue weighted by Crippen LogP contribution is 2.10. The molecule has 0 aromatic heterocycles. The van der Waals surface area contributed by atoms with Crippen LogP contribution in [0.25, 0.3) is 0 Å². The van der Waals surface area contributed by atoms with Gasteiger partial charge in [0.1, 0.15) is 5.82 Å². The van der Waals surface area contributed by atoms with E-state index >= 15 is 0 Å². The molecule has 2 aromatic rings. The Morgan fingerprint density at radius 3 is 2.04 bits per heavy atom. The van der Waals surface area contributed by atoms with E-state index in [1.165, 1.54) is 19.2 Å². The molecule has 3 N–H and O–H groups in total. The fraction of sp³-hybridized carbons (Fsp3) is 0.316. The van der Waals surface area contributed by atoms with Gasteiger partial charge in [-0.3, -0.25) is 4.99 Å². The molecule has 2 aromatic carbocycles. The van der Waals surface area contributed by atoms with E-state index in [1.807, 2.05) is 0 Å². The maximum atomic E-state index is 12.9. The molecule has 0 atom stereocenters. The molecule has 7 nitrogen and oxygen atoms in total. The van der Waals surface area contributed by atoms with Gasteiger partial charge in [0.2, 0.25) is 10.0 Å². The van der Waals surface area contributed by atoms with E-state index in [9.17, 15) is 12.8 Å². The average Bonchev–Trinajstić information content (AvgIpc) is 2.70. The van der Waals surface area contributed by atoms with Gasteiger partial charge in [0.05, 0.1) is 11.5 Å². The highest BCUT2D eigenvalue weighted by molar-refractivity contribution is 7.89. The molecule has 0 aliphatic heterocycles. The molecule has 28 heavy (non-hydrogen) atoms. The van der Waals surface area contributed by atoms with E-state index < -0.39 is 10.0 Å². The van der Waals surface area contributed by atoms with Crippen LogP contribution in [-0.4, -0.2) is 41.7 Å². The fourth-order valence-electron chi connectivity index (χ4n) is 2.34. The van der Waals surface area contributed by atoms with Crippen molar-refractivity contribution in [3.8, 4) is 0 Å². The molecule has 0 aliphatic rings. The number of rotatable bonds is 9. The molecule has 0 aliphatic carbocycles. The van der Waals surface area contributed by atoms with Crippen LogP contribution in [0, 0.1) is 5.82 Å². The number of nitrogens with zero attached hydrogens (tertiary/aromatic N) is 1. The highest BCUT2D eigenvalue weighted by atomic mass is 32.2. The summed E-state index contributed by atoms with van der Waals surface area (Å²) in [7, 11) is -0.374. The van der Waals surface area contributed by atoms with E-state index in [4.69, 9.17) is 4.74 Å². The molecule has 0 fully saturated rings. The molecule has 0 spiro atoms. The number of hydrogen-bond acceptors (Lipinski definition) is 4. The van der Waals surface area contributed by atoms with Crippen molar-refractivity contribution < 1.29 is 17.5 Å². The van der Waals surface area contributed by atoms with E-state index in [0.717, 1.165) is 11.1 Å². The summed E-state index contributed by atoms with van der Waals surface area (Å²) in [5, 5.41) is 6.29. The summed E-state index contributed by atoms with van der Waals surface area (Å²) in [6.07, 6.45) is 0. The smallest absolute Gasteiger partial charge is 0.240 e. The summed E-state index contributed by atoms with van der Waals surface area (Å²) < 4.78 is 44.5. The first kappa shape index (κ1) is 21.8. The SMILES string of the molecule is CN=C(NCc1ccc(F)cc1)NCc1ccc(S(=O)(=O)NCCOC)cc1. The number of benzene rings is 2. The van der Waals surface area contributed by atoms with Gasteiger partial charge in [-0.15, -0.1) is 0 Å². The normalized spacial score (nSPS) is 12.0. The number of ether oxygens (including phenoxy) is 1. The zero-order valence-corrected chi connectivity index (χ0v) is 16.7. The molecule has 0 radical (unpaired) electrons. The Hall–Kier alpha value is -2.49. The molecule has 9 heteroatoms. The van der Waals surface area contributed by atoms with E-state index in [-0.39, 0.29) is 17.3 Å². The van der Waals surface area contributed by atoms with Crippen molar-refractivity contribution in [1.29, 1.82) is 0 Å². The van der Waals surface area contributed by atoms with Gasteiger partial charge in [0.25, 0.3) is 0 Å². The number of halogens is 1. The molecule has 0 amide bonds. The summed E-state index contributed by atoms with van der Waals surface area (Å²) in [6, 6.07) is 12.8. The number of aliphatic imine (C=N–C) groups is 1. The quantitative estimate of drug-likeness (QED) is 0.333. The van der Waals surface area contributed by atoms with E-state index in [2.05, 4.69) is 20.3 Å². The third kappa shape index (κ3) is 6.91. The van der Waals surface area contributed by atoms with Gasteiger partial charge in [0.15, 0.2) is 5.96 Å². The largest absolute Gasteiger partial charge is 0.383 e. The van der Waals surface area contributed by atoms with Crippen molar-refractivity contribution in [2.24, 2.45) is 4.99 Å². The van der Waals surface area contributed by atoms with Crippen molar-refractivity contribution in [2.75, 3.05) is 27.3 Å². The van der Waals surface area contributed by atoms with Crippen LogP contribution in [0.4, 0.5) is 4.39 Å². The minimum Gasteiger partial charge on any atom is -0.383 e. The molecule has 2 rings (SSSR count). The van der Waals surface area contributed by atoms with Gasteiger partial charge in [-0.1, -0.05) is 24.3 Å². The molecule has 0 saturated heterocycles. The molecule has 0 saturated carbocycles. The van der Waals surface area contributed by atoms with Gasteiger partial charge in [-0.05, 0) is 35.4 Å². The molecule has 0 bridgehead atoms. The number of guanidine groups is 1. The van der Waals surface area contributed by atoms with Crippen LogP contribution in [0.15, 0.2) is 58.4 Å². The Kier molecular flexibility index (Phi) is 8.37. The summed E-state index contributed by atoms with van der Waals surface area (Å²) in [5.74, 6) is 0.313. The average molecular weight is 408 g/mol. The van der Waals surface area contributed by atoms with Gasteiger partial charge >= 0.3 is 0 Å². The Bertz CT molecular complexity index is 869. The molecular formula is C19H25FN4O3S.